The zero-order valence-electron chi connectivity index (χ0n) is 24.9. The number of sulfonamides is 1. The van der Waals surface area contributed by atoms with E-state index < -0.39 is 15.6 Å². The maximum atomic E-state index is 14.5. The highest BCUT2D eigenvalue weighted by Gasteiger charge is 2.49. The minimum absolute atomic E-state index is 0.0825. The second-order valence-corrected chi connectivity index (χ2v) is 13.2. The number of amides is 1. The number of hydrogen-bond acceptors (Lipinski definition) is 8. The van der Waals surface area contributed by atoms with Gasteiger partial charge in [0.1, 0.15) is 5.84 Å². The van der Waals surface area contributed by atoms with Crippen LogP contribution in [0.2, 0.25) is 0 Å². The zero-order valence-corrected chi connectivity index (χ0v) is 25.7. The molecule has 1 aliphatic heterocycles. The molecule has 2 aromatic heterocycles. The van der Waals surface area contributed by atoms with Gasteiger partial charge in [0.15, 0.2) is 11.3 Å². The highest BCUT2D eigenvalue weighted by molar-refractivity contribution is 7.89. The number of rotatable bonds is 11. The van der Waals surface area contributed by atoms with E-state index in [0.29, 0.717) is 22.5 Å². The van der Waals surface area contributed by atoms with E-state index in [2.05, 4.69) is 9.97 Å². The van der Waals surface area contributed by atoms with Crippen molar-refractivity contribution >= 4 is 27.5 Å². The van der Waals surface area contributed by atoms with Gasteiger partial charge in [0.25, 0.3) is 5.91 Å². The second kappa shape index (κ2) is 12.0. The predicted octanol–water partition coefficient (Wildman–Crippen LogP) is 2.51. The van der Waals surface area contributed by atoms with E-state index in [-0.39, 0.29) is 42.4 Å². The fourth-order valence-corrected chi connectivity index (χ4v) is 6.06. The number of carbonyl (C=O) groups is 2. The topological polar surface area (TPSA) is 147 Å². The van der Waals surface area contributed by atoms with Crippen molar-refractivity contribution in [2.24, 2.45) is 19.1 Å². The molecule has 44 heavy (non-hydrogen) atoms. The standard InChI is InChI=1S/C31H32N8O4S/c1-36(2)44(42,43)27-11-7-23(8-12-27)19-39-29(13-28(40)24-9-5-22(16-32)6-10-24)35-31(30(39)41,14-25-17-33-20-37(25)3)15-26-18-34-21-38(26)4/h5-12,17-18,20-21H,13-15,19H2,1-4H3. The van der Waals surface area contributed by atoms with Gasteiger partial charge in [-0.25, -0.2) is 22.7 Å². The third-order valence-electron chi connectivity index (χ3n) is 7.78. The number of aromatic nitrogens is 4. The fourth-order valence-electron chi connectivity index (χ4n) is 5.16. The van der Waals surface area contributed by atoms with Crippen LogP contribution in [0.25, 0.3) is 0 Å². The van der Waals surface area contributed by atoms with Gasteiger partial charge >= 0.3 is 0 Å². The number of nitriles is 1. The molecule has 3 heterocycles. The Kier molecular flexibility index (Phi) is 8.31. The number of ketones is 1. The molecule has 2 aromatic carbocycles. The van der Waals surface area contributed by atoms with E-state index in [1.54, 1.807) is 61.4 Å². The number of amidine groups is 1. The number of imidazole rings is 2. The van der Waals surface area contributed by atoms with Gasteiger partial charge in [-0.15, -0.1) is 0 Å². The summed E-state index contributed by atoms with van der Waals surface area (Å²) in [6.45, 7) is 0.0825. The number of aryl methyl sites for hydroxylation is 2. The Bertz CT molecular complexity index is 1840. The van der Waals surface area contributed by atoms with Gasteiger partial charge in [-0.2, -0.15) is 5.26 Å². The third kappa shape index (κ3) is 5.95. The third-order valence-corrected chi connectivity index (χ3v) is 9.60. The Morgan fingerprint density at radius 3 is 1.98 bits per heavy atom. The molecule has 0 bridgehead atoms. The summed E-state index contributed by atoms with van der Waals surface area (Å²) in [5.41, 5.74) is 1.81. The summed E-state index contributed by atoms with van der Waals surface area (Å²) in [5.74, 6) is -0.235. The zero-order chi connectivity index (χ0) is 31.6. The fraction of sp³-hybridized carbons (Fsp3) is 0.290. The lowest BCUT2D eigenvalue weighted by atomic mass is 9.88. The number of nitrogens with zero attached hydrogens (tertiary/aromatic N) is 8. The highest BCUT2D eigenvalue weighted by atomic mass is 32.2. The quantitative estimate of drug-likeness (QED) is 0.237. The molecular formula is C31H32N8O4S. The van der Waals surface area contributed by atoms with E-state index in [9.17, 15) is 18.0 Å². The van der Waals surface area contributed by atoms with Crippen LogP contribution in [0.5, 0.6) is 0 Å². The summed E-state index contributed by atoms with van der Waals surface area (Å²) in [4.78, 5) is 43.1. The average molecular weight is 613 g/mol. The number of aliphatic imine (C=N–C) groups is 1. The highest BCUT2D eigenvalue weighted by Crippen LogP contribution is 2.33. The van der Waals surface area contributed by atoms with E-state index in [0.717, 1.165) is 15.7 Å². The Hall–Kier alpha value is -4.93. The molecule has 0 saturated carbocycles. The van der Waals surface area contributed by atoms with Crippen LogP contribution in [0.1, 0.15) is 39.3 Å². The van der Waals surface area contributed by atoms with Crippen LogP contribution in [0.3, 0.4) is 0 Å². The molecular weight excluding hydrogens is 580 g/mol. The van der Waals surface area contributed by atoms with Crippen molar-refractivity contribution in [3.8, 4) is 6.07 Å². The lowest BCUT2D eigenvalue weighted by molar-refractivity contribution is -0.131. The number of Topliss-reactive ketones (excluding diaryl/α,β-unsaturated/α-hetero) is 1. The molecule has 0 atom stereocenters. The Balaban J connectivity index is 1.55. The van der Waals surface area contributed by atoms with Crippen LogP contribution >= 0.6 is 0 Å². The van der Waals surface area contributed by atoms with E-state index in [1.807, 2.05) is 29.3 Å². The Morgan fingerprint density at radius 1 is 0.932 bits per heavy atom. The lowest BCUT2D eigenvalue weighted by Gasteiger charge is -2.27. The molecule has 12 nitrogen and oxygen atoms in total. The molecule has 0 N–H and O–H groups in total. The van der Waals surface area contributed by atoms with Crippen molar-refractivity contribution < 1.29 is 18.0 Å². The molecule has 0 radical (unpaired) electrons. The van der Waals surface area contributed by atoms with E-state index in [4.69, 9.17) is 10.3 Å². The lowest BCUT2D eigenvalue weighted by Crippen LogP contribution is -2.46. The summed E-state index contributed by atoms with van der Waals surface area (Å²) < 4.78 is 30.0. The first-order valence-electron chi connectivity index (χ1n) is 13.8. The van der Waals surface area contributed by atoms with Gasteiger partial charge in [-0.3, -0.25) is 19.5 Å². The maximum Gasteiger partial charge on any atom is 0.257 e. The molecule has 0 saturated heterocycles. The van der Waals surface area contributed by atoms with Gasteiger partial charge in [-0.05, 0) is 29.8 Å². The molecule has 4 aromatic rings. The van der Waals surface area contributed by atoms with Crippen molar-refractivity contribution in [1.82, 2.24) is 28.3 Å². The summed E-state index contributed by atoms with van der Waals surface area (Å²) in [5, 5.41) is 9.15. The first kappa shape index (κ1) is 30.5. The van der Waals surface area contributed by atoms with Crippen LogP contribution in [0.15, 0.2) is 83.5 Å². The molecule has 0 spiro atoms. The van der Waals surface area contributed by atoms with Crippen LogP contribution in [-0.4, -0.2) is 73.9 Å². The summed E-state index contributed by atoms with van der Waals surface area (Å²) in [7, 11) is 2.99. The van der Waals surface area contributed by atoms with E-state index in [1.165, 1.54) is 31.1 Å². The summed E-state index contributed by atoms with van der Waals surface area (Å²) in [6, 6.07) is 14.7. The normalized spacial score (nSPS) is 14.6. The number of hydrogen-bond donors (Lipinski definition) is 0. The second-order valence-electron chi connectivity index (χ2n) is 11.0. The van der Waals surface area contributed by atoms with Gasteiger partial charge in [-0.1, -0.05) is 24.3 Å². The van der Waals surface area contributed by atoms with Crippen LogP contribution in [0, 0.1) is 11.3 Å². The first-order chi connectivity index (χ1) is 20.9. The largest absolute Gasteiger partial charge is 0.338 e. The molecule has 13 heteroatoms. The maximum absolute atomic E-state index is 14.5. The molecule has 0 fully saturated rings. The van der Waals surface area contributed by atoms with Gasteiger partial charge in [0.05, 0.1) is 42.1 Å². The average Bonchev–Trinajstić information content (AvgIpc) is 3.67. The minimum atomic E-state index is -3.63. The molecule has 1 aliphatic rings. The van der Waals surface area contributed by atoms with Gasteiger partial charge in [0.2, 0.25) is 10.0 Å². The molecule has 1 amide bonds. The minimum Gasteiger partial charge on any atom is -0.338 e. The molecule has 0 aliphatic carbocycles. The molecule has 5 rings (SSSR count). The Morgan fingerprint density at radius 2 is 1.50 bits per heavy atom. The summed E-state index contributed by atoms with van der Waals surface area (Å²) in [6.07, 6.45) is 7.03. The van der Waals surface area contributed by atoms with Crippen molar-refractivity contribution in [2.75, 3.05) is 14.1 Å². The van der Waals surface area contributed by atoms with Crippen LogP contribution in [0.4, 0.5) is 0 Å². The monoisotopic (exact) mass is 612 g/mol. The first-order valence-corrected chi connectivity index (χ1v) is 15.2. The van der Waals surface area contributed by atoms with Crippen molar-refractivity contribution in [1.29, 1.82) is 5.26 Å². The van der Waals surface area contributed by atoms with Crippen LogP contribution in [-0.2, 0) is 48.3 Å². The number of benzene rings is 2. The summed E-state index contributed by atoms with van der Waals surface area (Å²) >= 11 is 0. The smallest absolute Gasteiger partial charge is 0.257 e. The van der Waals surface area contributed by atoms with E-state index >= 15 is 0 Å². The molecule has 0 unspecified atom stereocenters. The van der Waals surface area contributed by atoms with Crippen molar-refractivity contribution in [2.45, 2.75) is 36.2 Å². The SMILES string of the molecule is CN(C)S(=O)(=O)c1ccc(CN2C(=O)C(Cc3cncn3C)(Cc3cncn3C)N=C2CC(=O)c2ccc(C#N)cc2)cc1. The Labute approximate surface area is 256 Å². The molecule has 226 valence electrons. The van der Waals surface area contributed by atoms with Gasteiger partial charge < -0.3 is 9.13 Å². The van der Waals surface area contributed by atoms with Crippen molar-refractivity contribution in [3.05, 3.63) is 102 Å². The number of carbonyl (C=O) groups excluding carboxylic acids is 2. The predicted molar refractivity (Wildman–Crippen MR) is 162 cm³/mol. The van der Waals surface area contributed by atoms with Crippen LogP contribution < -0.4 is 0 Å². The van der Waals surface area contributed by atoms with Gasteiger partial charge in [0, 0.05) is 70.4 Å². The van der Waals surface area contributed by atoms with Crippen molar-refractivity contribution in [3.63, 3.8) is 0 Å².